The molecule has 9 heteroatoms. The molecule has 0 saturated heterocycles. The summed E-state index contributed by atoms with van der Waals surface area (Å²) < 4.78 is 9.25. The zero-order valence-electron chi connectivity index (χ0n) is 17.9. The van der Waals surface area contributed by atoms with Gasteiger partial charge in [-0.3, -0.25) is 9.59 Å². The minimum Gasteiger partial charge on any atom is -0.489 e. The van der Waals surface area contributed by atoms with Crippen molar-refractivity contribution in [2.24, 2.45) is 7.05 Å². The maximum atomic E-state index is 12.9. The fourth-order valence-corrected chi connectivity index (χ4v) is 3.72. The topological polar surface area (TPSA) is 104 Å². The molecule has 0 atom stereocenters. The molecule has 4 rings (SSSR count). The van der Waals surface area contributed by atoms with Crippen LogP contribution in [-0.2, 0) is 7.05 Å². The van der Waals surface area contributed by atoms with Gasteiger partial charge in [-0.15, -0.1) is 10.2 Å². The van der Waals surface area contributed by atoms with Crippen molar-refractivity contribution in [3.8, 4) is 17.3 Å². The zero-order chi connectivity index (χ0) is 22.0. The van der Waals surface area contributed by atoms with Crippen LogP contribution in [0.15, 0.2) is 41.6 Å². The average Bonchev–Trinajstić information content (AvgIpc) is 3.42. The predicted molar refractivity (Wildman–Crippen MR) is 116 cm³/mol. The molecule has 0 spiro atoms. The van der Waals surface area contributed by atoms with E-state index in [4.69, 9.17) is 4.74 Å². The Morgan fingerprint density at radius 1 is 1.26 bits per heavy atom. The van der Waals surface area contributed by atoms with Gasteiger partial charge in [0.25, 0.3) is 11.5 Å². The third-order valence-electron chi connectivity index (χ3n) is 5.36. The van der Waals surface area contributed by atoms with Crippen LogP contribution < -0.4 is 15.6 Å². The van der Waals surface area contributed by atoms with Crippen molar-refractivity contribution in [3.63, 3.8) is 0 Å². The number of carbonyl (C=O) groups excluding carboxylic acids is 1. The lowest BCUT2D eigenvalue weighted by Crippen LogP contribution is -2.28. The molecule has 1 aliphatic carbocycles. The van der Waals surface area contributed by atoms with Gasteiger partial charge in [-0.2, -0.15) is 0 Å². The average molecular weight is 422 g/mol. The van der Waals surface area contributed by atoms with Gasteiger partial charge >= 0.3 is 0 Å². The Hall–Kier alpha value is -3.49. The van der Waals surface area contributed by atoms with Crippen molar-refractivity contribution in [1.29, 1.82) is 0 Å². The van der Waals surface area contributed by atoms with E-state index >= 15 is 0 Å². The van der Waals surface area contributed by atoms with Crippen LogP contribution in [0.1, 0.15) is 55.9 Å². The summed E-state index contributed by atoms with van der Waals surface area (Å²) in [6, 6.07) is 6.91. The number of aromatic nitrogens is 5. The molecule has 1 saturated carbocycles. The maximum Gasteiger partial charge on any atom is 0.263 e. The Morgan fingerprint density at radius 3 is 2.77 bits per heavy atom. The molecule has 3 aromatic rings. The predicted octanol–water partition coefficient (Wildman–Crippen LogP) is 3.19. The highest BCUT2D eigenvalue weighted by Crippen LogP contribution is 2.24. The molecule has 1 N–H and O–H groups in total. The SMILES string of the molecule is CC(C)n1cnnc1-c1cccc(NC(=O)c2cc(OC3CCCC3)cn(C)c2=O)n1. The number of carbonyl (C=O) groups is 1. The van der Waals surface area contributed by atoms with E-state index in [0.717, 1.165) is 25.7 Å². The van der Waals surface area contributed by atoms with Gasteiger partial charge in [0.2, 0.25) is 0 Å². The van der Waals surface area contributed by atoms with E-state index in [1.165, 1.54) is 10.6 Å². The molecule has 0 radical (unpaired) electrons. The Labute approximate surface area is 180 Å². The lowest BCUT2D eigenvalue weighted by atomic mass is 10.2. The highest BCUT2D eigenvalue weighted by molar-refractivity contribution is 6.03. The number of nitrogens with zero attached hydrogens (tertiary/aromatic N) is 5. The van der Waals surface area contributed by atoms with E-state index in [2.05, 4.69) is 20.5 Å². The number of nitrogens with one attached hydrogen (secondary N) is 1. The fraction of sp³-hybridized carbons (Fsp3) is 0.409. The summed E-state index contributed by atoms with van der Waals surface area (Å²) in [5.41, 5.74) is 0.192. The number of hydrogen-bond donors (Lipinski definition) is 1. The molecule has 3 heterocycles. The first-order valence-electron chi connectivity index (χ1n) is 10.5. The summed E-state index contributed by atoms with van der Waals surface area (Å²) in [4.78, 5) is 30.0. The maximum absolute atomic E-state index is 12.9. The number of aryl methyl sites for hydroxylation is 1. The minimum atomic E-state index is -0.535. The summed E-state index contributed by atoms with van der Waals surface area (Å²) in [5.74, 6) is 0.914. The monoisotopic (exact) mass is 422 g/mol. The van der Waals surface area contributed by atoms with Crippen molar-refractivity contribution in [3.05, 3.63) is 52.7 Å². The van der Waals surface area contributed by atoms with Crippen molar-refractivity contribution >= 4 is 11.7 Å². The van der Waals surface area contributed by atoms with Crippen LogP contribution in [-0.4, -0.2) is 36.3 Å². The summed E-state index contributed by atoms with van der Waals surface area (Å²) >= 11 is 0. The summed E-state index contributed by atoms with van der Waals surface area (Å²) in [6.45, 7) is 4.05. The third kappa shape index (κ3) is 4.50. The Kier molecular flexibility index (Phi) is 5.83. The van der Waals surface area contributed by atoms with Crippen LogP contribution in [0.2, 0.25) is 0 Å². The van der Waals surface area contributed by atoms with Gasteiger partial charge < -0.3 is 19.2 Å². The Morgan fingerprint density at radius 2 is 2.03 bits per heavy atom. The minimum absolute atomic E-state index is 0.00977. The molecule has 162 valence electrons. The van der Waals surface area contributed by atoms with E-state index in [-0.39, 0.29) is 17.7 Å². The number of amides is 1. The lowest BCUT2D eigenvalue weighted by Gasteiger charge is -2.15. The smallest absolute Gasteiger partial charge is 0.263 e. The summed E-state index contributed by atoms with van der Waals surface area (Å²) in [7, 11) is 1.61. The van der Waals surface area contributed by atoms with Crippen LogP contribution in [0.5, 0.6) is 5.75 Å². The molecule has 3 aromatic heterocycles. The van der Waals surface area contributed by atoms with Crippen LogP contribution >= 0.6 is 0 Å². The van der Waals surface area contributed by atoms with E-state index < -0.39 is 11.5 Å². The van der Waals surface area contributed by atoms with Gasteiger partial charge in [0, 0.05) is 25.4 Å². The second kappa shape index (κ2) is 8.71. The molecular formula is C22H26N6O3. The van der Waals surface area contributed by atoms with Crippen LogP contribution in [0.25, 0.3) is 11.5 Å². The molecule has 1 aliphatic rings. The van der Waals surface area contributed by atoms with Crippen molar-refractivity contribution < 1.29 is 9.53 Å². The molecule has 9 nitrogen and oxygen atoms in total. The van der Waals surface area contributed by atoms with Gasteiger partial charge in [-0.25, -0.2) is 4.98 Å². The molecule has 31 heavy (non-hydrogen) atoms. The molecule has 0 aromatic carbocycles. The zero-order valence-corrected chi connectivity index (χ0v) is 17.9. The van der Waals surface area contributed by atoms with Crippen molar-refractivity contribution in [1.82, 2.24) is 24.3 Å². The lowest BCUT2D eigenvalue weighted by molar-refractivity contribution is 0.102. The molecule has 1 fully saturated rings. The number of hydrogen-bond acceptors (Lipinski definition) is 6. The van der Waals surface area contributed by atoms with Gasteiger partial charge in [0.05, 0.1) is 6.10 Å². The normalized spacial score (nSPS) is 14.2. The van der Waals surface area contributed by atoms with Gasteiger partial charge in [0.15, 0.2) is 5.82 Å². The first-order valence-corrected chi connectivity index (χ1v) is 10.5. The van der Waals surface area contributed by atoms with Crippen LogP contribution in [0.4, 0.5) is 5.82 Å². The number of anilines is 1. The summed E-state index contributed by atoms with van der Waals surface area (Å²) in [6.07, 6.45) is 7.64. The van der Waals surface area contributed by atoms with E-state index in [1.807, 2.05) is 18.4 Å². The third-order valence-corrected chi connectivity index (χ3v) is 5.36. The first-order chi connectivity index (χ1) is 14.9. The van der Waals surface area contributed by atoms with Gasteiger partial charge in [0.1, 0.15) is 29.2 Å². The molecule has 0 aliphatic heterocycles. The molecule has 0 unspecified atom stereocenters. The highest BCUT2D eigenvalue weighted by atomic mass is 16.5. The molecular weight excluding hydrogens is 396 g/mol. The number of pyridine rings is 2. The standard InChI is InChI=1S/C22H26N6O3/c1-14(2)28-13-23-26-20(28)18-9-6-10-19(24-18)25-21(29)17-11-16(12-27(3)22(17)30)31-15-7-4-5-8-15/h6,9-15H,4-5,7-8H2,1-3H3,(H,24,25,29). The largest absolute Gasteiger partial charge is 0.489 e. The fourth-order valence-electron chi connectivity index (χ4n) is 3.72. The quantitative estimate of drug-likeness (QED) is 0.654. The van der Waals surface area contributed by atoms with Crippen molar-refractivity contribution in [2.45, 2.75) is 51.7 Å². The van der Waals surface area contributed by atoms with Gasteiger partial charge in [-0.1, -0.05) is 6.07 Å². The van der Waals surface area contributed by atoms with Crippen LogP contribution in [0, 0.1) is 0 Å². The number of rotatable bonds is 6. The Balaban J connectivity index is 1.58. The molecule has 0 bridgehead atoms. The first kappa shape index (κ1) is 20.8. The van der Waals surface area contributed by atoms with Gasteiger partial charge in [-0.05, 0) is 51.7 Å². The molecule has 1 amide bonds. The highest BCUT2D eigenvalue weighted by Gasteiger charge is 2.20. The second-order valence-electron chi connectivity index (χ2n) is 8.05. The van der Waals surface area contributed by atoms with Crippen molar-refractivity contribution in [2.75, 3.05) is 5.32 Å². The van der Waals surface area contributed by atoms with E-state index in [1.54, 1.807) is 37.8 Å². The summed E-state index contributed by atoms with van der Waals surface area (Å²) in [5, 5.41) is 10.8. The van der Waals surface area contributed by atoms with Crippen LogP contribution in [0.3, 0.4) is 0 Å². The van der Waals surface area contributed by atoms with E-state index in [9.17, 15) is 9.59 Å². The second-order valence-corrected chi connectivity index (χ2v) is 8.05. The Bertz CT molecular complexity index is 1140. The number of ether oxygens (including phenoxy) is 1. The van der Waals surface area contributed by atoms with E-state index in [0.29, 0.717) is 23.1 Å².